The SMILES string of the molecule is CC1=NC(=Nc2c(C)c(C)c(C)c(C)c2C)C(Nc2c(C)c(C)c(C)c(C)c2C)=N1. The summed E-state index contributed by atoms with van der Waals surface area (Å²) in [6, 6.07) is 0. The Morgan fingerprint density at radius 2 is 0.900 bits per heavy atom. The van der Waals surface area contributed by atoms with E-state index in [2.05, 4.69) is 84.5 Å². The van der Waals surface area contributed by atoms with Gasteiger partial charge >= 0.3 is 0 Å². The van der Waals surface area contributed by atoms with Crippen LogP contribution in [0.5, 0.6) is 0 Å². The molecule has 0 spiro atoms. The molecular formula is C26H34N4. The van der Waals surface area contributed by atoms with Gasteiger partial charge in [-0.15, -0.1) is 0 Å². The predicted molar refractivity (Wildman–Crippen MR) is 132 cm³/mol. The molecule has 0 bridgehead atoms. The fourth-order valence-electron chi connectivity index (χ4n) is 4.16. The molecule has 4 nitrogen and oxygen atoms in total. The minimum absolute atomic E-state index is 0.649. The predicted octanol–water partition coefficient (Wildman–Crippen LogP) is 6.74. The lowest BCUT2D eigenvalue weighted by Crippen LogP contribution is -2.21. The van der Waals surface area contributed by atoms with E-state index in [9.17, 15) is 0 Å². The third kappa shape index (κ3) is 3.49. The van der Waals surface area contributed by atoms with E-state index >= 15 is 0 Å². The molecule has 0 aliphatic carbocycles. The van der Waals surface area contributed by atoms with Crippen LogP contribution in [0.15, 0.2) is 15.0 Å². The number of nitrogens with zero attached hydrogens (tertiary/aromatic N) is 3. The van der Waals surface area contributed by atoms with Crippen molar-refractivity contribution in [2.24, 2.45) is 15.0 Å². The highest BCUT2D eigenvalue weighted by Gasteiger charge is 2.21. The Hall–Kier alpha value is -2.75. The highest BCUT2D eigenvalue weighted by atomic mass is 15.2. The third-order valence-electron chi connectivity index (χ3n) is 7.17. The first-order valence-electron chi connectivity index (χ1n) is 10.6. The van der Waals surface area contributed by atoms with E-state index in [0.29, 0.717) is 5.84 Å². The molecule has 2 aromatic carbocycles. The summed E-state index contributed by atoms with van der Waals surface area (Å²) in [5, 5.41) is 3.57. The first kappa shape index (κ1) is 21.9. The summed E-state index contributed by atoms with van der Waals surface area (Å²) in [5.41, 5.74) is 14.9. The van der Waals surface area contributed by atoms with Gasteiger partial charge in [0.1, 0.15) is 5.84 Å². The smallest absolute Gasteiger partial charge is 0.198 e. The number of benzene rings is 2. The van der Waals surface area contributed by atoms with Crippen molar-refractivity contribution in [3.8, 4) is 0 Å². The molecule has 0 saturated carbocycles. The first-order valence-corrected chi connectivity index (χ1v) is 10.6. The van der Waals surface area contributed by atoms with Crippen LogP contribution in [0.1, 0.15) is 62.6 Å². The number of hydrogen-bond acceptors (Lipinski definition) is 3. The molecule has 0 unspecified atom stereocenters. The van der Waals surface area contributed by atoms with Crippen LogP contribution in [0.2, 0.25) is 0 Å². The molecule has 1 N–H and O–H groups in total. The zero-order valence-electron chi connectivity index (χ0n) is 20.3. The quantitative estimate of drug-likeness (QED) is 0.594. The van der Waals surface area contributed by atoms with Crippen molar-refractivity contribution < 1.29 is 0 Å². The van der Waals surface area contributed by atoms with Crippen LogP contribution in [0.3, 0.4) is 0 Å². The van der Waals surface area contributed by atoms with Gasteiger partial charge in [-0.1, -0.05) is 0 Å². The molecule has 1 aliphatic heterocycles. The minimum Gasteiger partial charge on any atom is -0.337 e. The van der Waals surface area contributed by atoms with Gasteiger partial charge in [0, 0.05) is 5.69 Å². The topological polar surface area (TPSA) is 49.1 Å². The average molecular weight is 403 g/mol. The summed E-state index contributed by atoms with van der Waals surface area (Å²) in [4.78, 5) is 14.3. The van der Waals surface area contributed by atoms with Crippen molar-refractivity contribution in [2.45, 2.75) is 76.2 Å². The van der Waals surface area contributed by atoms with Crippen molar-refractivity contribution in [1.29, 1.82) is 0 Å². The van der Waals surface area contributed by atoms with Gasteiger partial charge in [0.05, 0.1) is 5.69 Å². The van der Waals surface area contributed by atoms with Crippen LogP contribution >= 0.6 is 0 Å². The maximum Gasteiger partial charge on any atom is 0.198 e. The van der Waals surface area contributed by atoms with E-state index < -0.39 is 0 Å². The Kier molecular flexibility index (Phi) is 5.72. The second-order valence-electron chi connectivity index (χ2n) is 8.65. The lowest BCUT2D eigenvalue weighted by molar-refractivity contribution is 1.16. The van der Waals surface area contributed by atoms with Gasteiger partial charge in [0.2, 0.25) is 0 Å². The number of amidine groups is 3. The van der Waals surface area contributed by atoms with E-state index in [4.69, 9.17) is 4.99 Å². The van der Waals surface area contributed by atoms with Gasteiger partial charge in [-0.05, 0) is 132 Å². The second-order valence-corrected chi connectivity index (χ2v) is 8.65. The van der Waals surface area contributed by atoms with E-state index in [1.54, 1.807) is 0 Å². The molecule has 3 rings (SSSR count). The van der Waals surface area contributed by atoms with Crippen LogP contribution in [0.4, 0.5) is 11.4 Å². The molecule has 0 radical (unpaired) electrons. The summed E-state index contributed by atoms with van der Waals surface area (Å²) >= 11 is 0. The lowest BCUT2D eigenvalue weighted by Gasteiger charge is -2.20. The van der Waals surface area contributed by atoms with Gasteiger partial charge in [-0.25, -0.2) is 15.0 Å². The molecule has 2 aromatic rings. The summed E-state index contributed by atoms with van der Waals surface area (Å²) in [7, 11) is 0. The number of rotatable bonds is 2. The maximum atomic E-state index is 5.01. The normalized spacial score (nSPS) is 15.0. The molecule has 4 heteroatoms. The van der Waals surface area contributed by atoms with Crippen LogP contribution in [-0.2, 0) is 0 Å². The minimum atomic E-state index is 0.649. The highest BCUT2D eigenvalue weighted by Crippen LogP contribution is 2.34. The molecule has 30 heavy (non-hydrogen) atoms. The van der Waals surface area contributed by atoms with E-state index in [-0.39, 0.29) is 0 Å². The number of anilines is 1. The van der Waals surface area contributed by atoms with Crippen molar-refractivity contribution in [2.75, 3.05) is 5.32 Å². The largest absolute Gasteiger partial charge is 0.337 e. The highest BCUT2D eigenvalue weighted by molar-refractivity contribution is 6.50. The van der Waals surface area contributed by atoms with Crippen molar-refractivity contribution in [1.82, 2.24) is 0 Å². The molecule has 1 aliphatic rings. The summed E-state index contributed by atoms with van der Waals surface area (Å²) in [5.74, 6) is 2.09. The van der Waals surface area contributed by atoms with E-state index in [1.165, 1.54) is 55.6 Å². The van der Waals surface area contributed by atoms with Crippen molar-refractivity contribution in [3.05, 3.63) is 55.6 Å². The maximum absolute atomic E-state index is 5.01. The number of aliphatic imine (C=N–C) groups is 3. The number of nitrogens with one attached hydrogen (secondary N) is 1. The third-order valence-corrected chi connectivity index (χ3v) is 7.17. The molecule has 0 amide bonds. The summed E-state index contributed by atoms with van der Waals surface area (Å²) in [6.07, 6.45) is 0. The van der Waals surface area contributed by atoms with Crippen molar-refractivity contribution >= 4 is 28.9 Å². The molecule has 0 fully saturated rings. The van der Waals surface area contributed by atoms with E-state index in [1.807, 2.05) is 6.92 Å². The zero-order chi connectivity index (χ0) is 22.5. The Morgan fingerprint density at radius 1 is 0.500 bits per heavy atom. The fourth-order valence-corrected chi connectivity index (χ4v) is 4.16. The fraction of sp³-hybridized carbons (Fsp3) is 0.423. The Morgan fingerprint density at radius 3 is 1.37 bits per heavy atom. The molecular weight excluding hydrogens is 368 g/mol. The monoisotopic (exact) mass is 402 g/mol. The summed E-state index contributed by atoms with van der Waals surface area (Å²) in [6.45, 7) is 23.6. The Labute approximate surface area is 181 Å². The first-order chi connectivity index (χ1) is 14.0. The van der Waals surface area contributed by atoms with Gasteiger partial charge < -0.3 is 5.32 Å². The van der Waals surface area contributed by atoms with Gasteiger partial charge in [-0.3, -0.25) is 0 Å². The van der Waals surface area contributed by atoms with Gasteiger partial charge in [0.15, 0.2) is 11.7 Å². The molecule has 0 atom stereocenters. The van der Waals surface area contributed by atoms with Crippen LogP contribution < -0.4 is 5.32 Å². The molecule has 0 saturated heterocycles. The van der Waals surface area contributed by atoms with Gasteiger partial charge in [-0.2, -0.15) is 0 Å². The molecule has 158 valence electrons. The lowest BCUT2D eigenvalue weighted by atomic mass is 9.93. The van der Waals surface area contributed by atoms with Crippen LogP contribution in [-0.4, -0.2) is 17.5 Å². The molecule has 1 heterocycles. The number of hydrogen-bond donors (Lipinski definition) is 1. The van der Waals surface area contributed by atoms with Crippen LogP contribution in [0, 0.1) is 69.2 Å². The summed E-state index contributed by atoms with van der Waals surface area (Å²) < 4.78 is 0. The Balaban J connectivity index is 2.12. The zero-order valence-corrected chi connectivity index (χ0v) is 20.3. The standard InChI is InChI=1S/C26H34N4/c1-12-14(3)18(7)23(19(8)15(12)4)29-25-26(28-22(11)27-25)30-24-20(9)16(5)13(2)17(6)21(24)10/h1-11H3,(H,27,28,29,30). The Bertz CT molecular complexity index is 1100. The molecule has 0 aromatic heterocycles. The second kappa shape index (κ2) is 7.82. The van der Waals surface area contributed by atoms with Crippen LogP contribution in [0.25, 0.3) is 0 Å². The van der Waals surface area contributed by atoms with E-state index in [0.717, 1.165) is 23.0 Å². The average Bonchev–Trinajstić information content (AvgIpc) is 3.07. The van der Waals surface area contributed by atoms with Gasteiger partial charge in [0.25, 0.3) is 0 Å². The van der Waals surface area contributed by atoms with Crippen molar-refractivity contribution in [3.63, 3.8) is 0 Å².